The highest BCUT2D eigenvalue weighted by Crippen LogP contribution is 2.38. The summed E-state index contributed by atoms with van der Waals surface area (Å²) in [6.07, 6.45) is -5.70. The van der Waals surface area contributed by atoms with E-state index in [-0.39, 0.29) is 35.8 Å². The molecule has 1 aliphatic rings. The van der Waals surface area contributed by atoms with Crippen LogP contribution in [0.4, 0.5) is 42.1 Å². The zero-order valence-corrected chi connectivity index (χ0v) is 16.4. The molecule has 0 aromatic heterocycles. The molecule has 1 N–H and O–H groups in total. The second-order valence-electron chi connectivity index (χ2n) is 6.85. The lowest BCUT2D eigenvalue weighted by atomic mass is 10.0. The highest BCUT2D eigenvalue weighted by atomic mass is 19.4. The van der Waals surface area contributed by atoms with Gasteiger partial charge < -0.3 is 15.0 Å². The maximum Gasteiger partial charge on any atom is 0.422 e. The van der Waals surface area contributed by atoms with Gasteiger partial charge in [0, 0.05) is 18.7 Å². The van der Waals surface area contributed by atoms with Crippen molar-refractivity contribution in [1.82, 2.24) is 0 Å². The standard InChI is InChI=1S/C20H15F7N2O3/c1-9(30)10-2-3-11(12(8-10)29-4-6-32-7-5-29)19(31)28-18-16(23)14(21)13(20(25,26)27)15(22)17(18)24/h2-3,8H,4-7H2,1H3,(H,28,31). The van der Waals surface area contributed by atoms with E-state index < -0.39 is 46.6 Å². The maximum atomic E-state index is 14.2. The number of carbonyl (C=O) groups is 2. The average Bonchev–Trinajstić information content (AvgIpc) is 2.74. The number of ether oxygens (including phenoxy) is 1. The van der Waals surface area contributed by atoms with E-state index in [1.807, 2.05) is 0 Å². The van der Waals surface area contributed by atoms with Crippen molar-refractivity contribution >= 4 is 23.1 Å². The molecule has 3 rings (SSSR count). The van der Waals surface area contributed by atoms with E-state index in [1.54, 1.807) is 10.2 Å². The van der Waals surface area contributed by atoms with E-state index in [2.05, 4.69) is 0 Å². The highest BCUT2D eigenvalue weighted by Gasteiger charge is 2.42. The lowest BCUT2D eigenvalue weighted by Gasteiger charge is -2.30. The molecule has 0 spiro atoms. The Balaban J connectivity index is 2.05. The van der Waals surface area contributed by atoms with E-state index in [1.165, 1.54) is 19.1 Å². The minimum atomic E-state index is -5.70. The number of Topliss-reactive ketones (excluding diaryl/α,β-unsaturated/α-hetero) is 1. The zero-order valence-electron chi connectivity index (χ0n) is 16.4. The van der Waals surface area contributed by atoms with Crippen molar-refractivity contribution in [2.24, 2.45) is 0 Å². The van der Waals surface area contributed by atoms with Crippen molar-refractivity contribution in [2.75, 3.05) is 36.5 Å². The molecule has 1 saturated heterocycles. The number of alkyl halides is 3. The van der Waals surface area contributed by atoms with Crippen LogP contribution in [0.25, 0.3) is 0 Å². The van der Waals surface area contributed by atoms with Gasteiger partial charge in [-0.3, -0.25) is 9.59 Å². The van der Waals surface area contributed by atoms with Gasteiger partial charge in [0.2, 0.25) is 0 Å². The van der Waals surface area contributed by atoms with Crippen LogP contribution in [-0.2, 0) is 10.9 Å². The van der Waals surface area contributed by atoms with Gasteiger partial charge in [0.1, 0.15) is 11.3 Å². The normalized spacial score (nSPS) is 14.4. The quantitative estimate of drug-likeness (QED) is 0.410. The first-order valence-electron chi connectivity index (χ1n) is 9.15. The summed E-state index contributed by atoms with van der Waals surface area (Å²) in [7, 11) is 0. The molecule has 0 saturated carbocycles. The first-order valence-corrected chi connectivity index (χ1v) is 9.15. The molecule has 0 unspecified atom stereocenters. The van der Waals surface area contributed by atoms with Crippen molar-refractivity contribution in [1.29, 1.82) is 0 Å². The summed E-state index contributed by atoms with van der Waals surface area (Å²) in [4.78, 5) is 26.1. The van der Waals surface area contributed by atoms with Crippen LogP contribution >= 0.6 is 0 Å². The second-order valence-corrected chi connectivity index (χ2v) is 6.85. The van der Waals surface area contributed by atoms with Crippen LogP contribution in [0.1, 0.15) is 33.2 Å². The number of anilines is 2. The van der Waals surface area contributed by atoms with Gasteiger partial charge in [-0.1, -0.05) is 6.07 Å². The minimum Gasteiger partial charge on any atom is -0.378 e. The molecule has 2 aromatic carbocycles. The Morgan fingerprint density at radius 3 is 2.03 bits per heavy atom. The fraction of sp³-hybridized carbons (Fsp3) is 0.300. The predicted octanol–water partition coefficient (Wildman–Crippen LogP) is 4.55. The number of carbonyl (C=O) groups excluding carboxylic acids is 2. The van der Waals surface area contributed by atoms with Crippen molar-refractivity contribution in [3.8, 4) is 0 Å². The summed E-state index contributed by atoms with van der Waals surface area (Å²) in [5, 5.41) is 1.60. The van der Waals surface area contributed by atoms with Crippen LogP contribution in [0, 0.1) is 23.3 Å². The van der Waals surface area contributed by atoms with Gasteiger partial charge in [0.25, 0.3) is 5.91 Å². The monoisotopic (exact) mass is 464 g/mol. The van der Waals surface area contributed by atoms with Gasteiger partial charge in [0.05, 0.1) is 24.5 Å². The number of benzene rings is 2. The number of amides is 1. The van der Waals surface area contributed by atoms with Crippen molar-refractivity contribution < 1.29 is 45.1 Å². The molecular weight excluding hydrogens is 449 g/mol. The van der Waals surface area contributed by atoms with Crippen molar-refractivity contribution in [2.45, 2.75) is 13.1 Å². The molecular formula is C20H15F7N2O3. The Kier molecular flexibility index (Phi) is 6.44. The van der Waals surface area contributed by atoms with Crippen LogP contribution in [0.15, 0.2) is 18.2 Å². The average molecular weight is 464 g/mol. The molecule has 0 aliphatic carbocycles. The van der Waals surface area contributed by atoms with Crippen LogP contribution in [0.5, 0.6) is 0 Å². The number of hydrogen-bond donors (Lipinski definition) is 1. The van der Waals surface area contributed by atoms with Crippen LogP contribution in [0.2, 0.25) is 0 Å². The van der Waals surface area contributed by atoms with Crippen LogP contribution in [0.3, 0.4) is 0 Å². The van der Waals surface area contributed by atoms with Crippen LogP contribution in [-0.4, -0.2) is 38.0 Å². The molecule has 172 valence electrons. The molecule has 0 bridgehead atoms. The number of nitrogens with one attached hydrogen (secondary N) is 1. The fourth-order valence-corrected chi connectivity index (χ4v) is 3.18. The summed E-state index contributed by atoms with van der Waals surface area (Å²) in [5.74, 6) is -11.8. The summed E-state index contributed by atoms with van der Waals surface area (Å²) < 4.78 is 99.5. The fourth-order valence-electron chi connectivity index (χ4n) is 3.18. The van der Waals surface area contributed by atoms with Gasteiger partial charge in [-0.05, 0) is 19.1 Å². The summed E-state index contributed by atoms with van der Waals surface area (Å²) >= 11 is 0. The number of ketones is 1. The van der Waals surface area contributed by atoms with E-state index in [0.29, 0.717) is 13.1 Å². The molecule has 0 atom stereocenters. The number of halogens is 7. The molecule has 1 fully saturated rings. The second kappa shape index (κ2) is 8.77. The zero-order chi connectivity index (χ0) is 23.8. The van der Waals surface area contributed by atoms with Gasteiger partial charge >= 0.3 is 6.18 Å². The molecule has 12 heteroatoms. The van der Waals surface area contributed by atoms with E-state index in [4.69, 9.17) is 4.74 Å². The molecule has 32 heavy (non-hydrogen) atoms. The first kappa shape index (κ1) is 23.5. The van der Waals surface area contributed by atoms with E-state index in [0.717, 1.165) is 6.07 Å². The SMILES string of the molecule is CC(=O)c1ccc(C(=O)Nc2c(F)c(F)c(C(F)(F)F)c(F)c2F)c(N2CCOCC2)c1. The van der Waals surface area contributed by atoms with Crippen molar-refractivity contribution in [3.05, 3.63) is 58.2 Å². The summed E-state index contributed by atoms with van der Waals surface area (Å²) in [5.41, 5.74) is -4.29. The molecule has 5 nitrogen and oxygen atoms in total. The smallest absolute Gasteiger partial charge is 0.378 e. The molecule has 0 radical (unpaired) electrons. The predicted molar refractivity (Wildman–Crippen MR) is 98.7 cm³/mol. The van der Waals surface area contributed by atoms with Gasteiger partial charge in [-0.15, -0.1) is 0 Å². The molecule has 1 amide bonds. The number of nitrogens with zero attached hydrogens (tertiary/aromatic N) is 1. The maximum absolute atomic E-state index is 14.2. The third kappa shape index (κ3) is 4.40. The summed E-state index contributed by atoms with van der Waals surface area (Å²) in [6.45, 7) is 2.44. The summed E-state index contributed by atoms with van der Waals surface area (Å²) in [6, 6.07) is 3.76. The Morgan fingerprint density at radius 2 is 1.53 bits per heavy atom. The Labute approximate surface area is 176 Å². The minimum absolute atomic E-state index is 0.173. The largest absolute Gasteiger partial charge is 0.422 e. The third-order valence-corrected chi connectivity index (χ3v) is 4.79. The van der Waals surface area contributed by atoms with Gasteiger partial charge in [-0.2, -0.15) is 13.2 Å². The van der Waals surface area contributed by atoms with Crippen molar-refractivity contribution in [3.63, 3.8) is 0 Å². The number of morpholine rings is 1. The molecule has 1 heterocycles. The topological polar surface area (TPSA) is 58.6 Å². The molecule has 1 aliphatic heterocycles. The van der Waals surface area contributed by atoms with E-state index >= 15 is 0 Å². The Hall–Kier alpha value is -3.15. The molecule has 2 aromatic rings. The Bertz CT molecular complexity index is 1050. The lowest BCUT2D eigenvalue weighted by Crippen LogP contribution is -2.37. The first-order chi connectivity index (χ1) is 14.9. The highest BCUT2D eigenvalue weighted by molar-refractivity contribution is 6.09. The lowest BCUT2D eigenvalue weighted by molar-refractivity contribution is -0.143. The van der Waals surface area contributed by atoms with Crippen LogP contribution < -0.4 is 10.2 Å². The van der Waals surface area contributed by atoms with Gasteiger partial charge in [-0.25, -0.2) is 17.6 Å². The van der Waals surface area contributed by atoms with Gasteiger partial charge in [0.15, 0.2) is 29.1 Å². The third-order valence-electron chi connectivity index (χ3n) is 4.79. The van der Waals surface area contributed by atoms with E-state index in [9.17, 15) is 40.3 Å². The number of rotatable bonds is 4. The number of hydrogen-bond acceptors (Lipinski definition) is 4. The Morgan fingerprint density at radius 1 is 0.969 bits per heavy atom.